The first-order chi connectivity index (χ1) is 8.22. The van der Waals surface area contributed by atoms with Crippen molar-refractivity contribution in [3.63, 3.8) is 0 Å². The summed E-state index contributed by atoms with van der Waals surface area (Å²) in [6.07, 6.45) is 0.883. The van der Waals surface area contributed by atoms with Crippen molar-refractivity contribution >= 4 is 0 Å². The molecule has 94 valence electrons. The third kappa shape index (κ3) is 2.82. The molecule has 2 nitrogen and oxygen atoms in total. The molecule has 1 fully saturated rings. The smallest absolute Gasteiger partial charge is 0.128 e. The van der Waals surface area contributed by atoms with Gasteiger partial charge in [0.2, 0.25) is 0 Å². The van der Waals surface area contributed by atoms with Crippen LogP contribution in [-0.2, 0) is 4.74 Å². The third-order valence-corrected chi connectivity index (χ3v) is 3.15. The van der Waals surface area contributed by atoms with Crippen LogP contribution in [0.2, 0.25) is 0 Å². The molecule has 1 saturated heterocycles. The molecule has 0 spiro atoms. The minimum Gasteiger partial charge on any atom is -0.381 e. The summed E-state index contributed by atoms with van der Waals surface area (Å²) in [7, 11) is 0. The van der Waals surface area contributed by atoms with Crippen LogP contribution in [0.4, 0.5) is 8.78 Å². The van der Waals surface area contributed by atoms with E-state index in [9.17, 15) is 8.78 Å². The SMILES string of the molecule is CCNC(c1cc(F)ccc1F)C1CCOC1. The maximum atomic E-state index is 13.7. The van der Waals surface area contributed by atoms with Gasteiger partial charge in [-0.1, -0.05) is 6.92 Å². The van der Waals surface area contributed by atoms with Crippen LogP contribution in [0.15, 0.2) is 18.2 Å². The summed E-state index contributed by atoms with van der Waals surface area (Å²) in [5.41, 5.74) is 0.405. The molecule has 2 atom stereocenters. The topological polar surface area (TPSA) is 21.3 Å². The fourth-order valence-electron chi connectivity index (χ4n) is 2.32. The van der Waals surface area contributed by atoms with E-state index in [2.05, 4.69) is 5.32 Å². The van der Waals surface area contributed by atoms with Crippen molar-refractivity contribution in [1.29, 1.82) is 0 Å². The molecule has 4 heteroatoms. The molecule has 2 unspecified atom stereocenters. The van der Waals surface area contributed by atoms with Gasteiger partial charge in [0.25, 0.3) is 0 Å². The Kier molecular flexibility index (Phi) is 4.07. The van der Waals surface area contributed by atoms with E-state index >= 15 is 0 Å². The number of ether oxygens (including phenoxy) is 1. The largest absolute Gasteiger partial charge is 0.381 e. The Morgan fingerprint density at radius 2 is 2.29 bits per heavy atom. The molecule has 1 aliphatic heterocycles. The first-order valence-electron chi connectivity index (χ1n) is 5.98. The van der Waals surface area contributed by atoms with Crippen LogP contribution in [0, 0.1) is 17.6 Å². The van der Waals surface area contributed by atoms with Gasteiger partial charge in [-0.3, -0.25) is 0 Å². The van der Waals surface area contributed by atoms with E-state index in [1.54, 1.807) is 0 Å². The van der Waals surface area contributed by atoms with Crippen LogP contribution in [-0.4, -0.2) is 19.8 Å². The predicted molar refractivity (Wildman–Crippen MR) is 61.7 cm³/mol. The second-order valence-corrected chi connectivity index (χ2v) is 4.32. The lowest BCUT2D eigenvalue weighted by molar-refractivity contribution is 0.176. The molecule has 0 aliphatic carbocycles. The highest BCUT2D eigenvalue weighted by Crippen LogP contribution is 2.30. The van der Waals surface area contributed by atoms with Gasteiger partial charge >= 0.3 is 0 Å². The molecule has 0 aromatic heterocycles. The Morgan fingerprint density at radius 3 is 2.94 bits per heavy atom. The molecule has 0 amide bonds. The Hall–Kier alpha value is -1.00. The van der Waals surface area contributed by atoms with Crippen LogP contribution < -0.4 is 5.32 Å². The average Bonchev–Trinajstić information content (AvgIpc) is 2.83. The van der Waals surface area contributed by atoms with Crippen LogP contribution in [0.5, 0.6) is 0 Å². The molecule has 1 N–H and O–H groups in total. The highest BCUT2D eigenvalue weighted by atomic mass is 19.1. The van der Waals surface area contributed by atoms with E-state index in [0.29, 0.717) is 18.8 Å². The van der Waals surface area contributed by atoms with Gasteiger partial charge in [-0.2, -0.15) is 0 Å². The lowest BCUT2D eigenvalue weighted by Gasteiger charge is -2.24. The van der Waals surface area contributed by atoms with Gasteiger partial charge in [0.05, 0.1) is 6.61 Å². The molecule has 17 heavy (non-hydrogen) atoms. The Morgan fingerprint density at radius 1 is 1.47 bits per heavy atom. The lowest BCUT2D eigenvalue weighted by atomic mass is 9.92. The number of halogens is 2. The van der Waals surface area contributed by atoms with Crippen molar-refractivity contribution in [1.82, 2.24) is 5.32 Å². The molecule has 0 bridgehead atoms. The molecule has 1 heterocycles. The van der Waals surface area contributed by atoms with E-state index in [0.717, 1.165) is 19.0 Å². The molecule has 0 saturated carbocycles. The van der Waals surface area contributed by atoms with Gasteiger partial charge in [0.15, 0.2) is 0 Å². The van der Waals surface area contributed by atoms with E-state index in [1.165, 1.54) is 12.1 Å². The van der Waals surface area contributed by atoms with Gasteiger partial charge in [-0.25, -0.2) is 8.78 Å². The summed E-state index contributed by atoms with van der Waals surface area (Å²) in [5.74, 6) is -0.543. The summed E-state index contributed by atoms with van der Waals surface area (Å²) in [6, 6.07) is 3.44. The second kappa shape index (κ2) is 5.56. The maximum absolute atomic E-state index is 13.7. The van der Waals surface area contributed by atoms with E-state index in [-0.39, 0.29) is 17.8 Å². The number of nitrogens with one attached hydrogen (secondary N) is 1. The molecule has 1 aromatic carbocycles. The number of hydrogen-bond acceptors (Lipinski definition) is 2. The molecular weight excluding hydrogens is 224 g/mol. The van der Waals surface area contributed by atoms with E-state index in [4.69, 9.17) is 4.74 Å². The predicted octanol–water partition coefficient (Wildman–Crippen LogP) is 2.65. The average molecular weight is 241 g/mol. The fourth-order valence-corrected chi connectivity index (χ4v) is 2.32. The summed E-state index contributed by atoms with van der Waals surface area (Å²) in [4.78, 5) is 0. The fraction of sp³-hybridized carbons (Fsp3) is 0.538. The Bertz CT molecular complexity index is 378. The molecule has 1 aliphatic rings. The highest BCUT2D eigenvalue weighted by molar-refractivity contribution is 5.23. The quantitative estimate of drug-likeness (QED) is 0.875. The minimum absolute atomic E-state index is 0.168. The van der Waals surface area contributed by atoms with Gasteiger partial charge in [0, 0.05) is 24.1 Å². The van der Waals surface area contributed by atoms with Gasteiger partial charge < -0.3 is 10.1 Å². The Labute approximate surface area is 100.0 Å². The monoisotopic (exact) mass is 241 g/mol. The van der Waals surface area contributed by atoms with Crippen molar-refractivity contribution < 1.29 is 13.5 Å². The molecular formula is C13H17F2NO. The number of rotatable bonds is 4. The van der Waals surface area contributed by atoms with Crippen molar-refractivity contribution in [2.75, 3.05) is 19.8 Å². The van der Waals surface area contributed by atoms with E-state index < -0.39 is 5.82 Å². The number of benzene rings is 1. The third-order valence-electron chi connectivity index (χ3n) is 3.15. The van der Waals surface area contributed by atoms with Gasteiger partial charge in [-0.15, -0.1) is 0 Å². The number of hydrogen-bond donors (Lipinski definition) is 1. The summed E-state index contributed by atoms with van der Waals surface area (Å²) in [6.45, 7) is 3.98. The van der Waals surface area contributed by atoms with Crippen LogP contribution in [0.1, 0.15) is 24.9 Å². The maximum Gasteiger partial charge on any atom is 0.128 e. The lowest BCUT2D eigenvalue weighted by Crippen LogP contribution is -2.29. The van der Waals surface area contributed by atoms with Crippen molar-refractivity contribution in [3.05, 3.63) is 35.4 Å². The highest BCUT2D eigenvalue weighted by Gasteiger charge is 2.28. The normalized spacial score (nSPS) is 21.7. The van der Waals surface area contributed by atoms with Gasteiger partial charge in [-0.05, 0) is 31.2 Å². The van der Waals surface area contributed by atoms with Crippen LogP contribution in [0.25, 0.3) is 0 Å². The zero-order chi connectivity index (χ0) is 12.3. The molecule has 1 aromatic rings. The zero-order valence-corrected chi connectivity index (χ0v) is 9.88. The van der Waals surface area contributed by atoms with Crippen molar-refractivity contribution in [3.8, 4) is 0 Å². The zero-order valence-electron chi connectivity index (χ0n) is 9.88. The van der Waals surface area contributed by atoms with Crippen molar-refractivity contribution in [2.45, 2.75) is 19.4 Å². The summed E-state index contributed by atoms with van der Waals surface area (Å²) in [5, 5.41) is 3.22. The van der Waals surface area contributed by atoms with Crippen LogP contribution in [0.3, 0.4) is 0 Å². The summed E-state index contributed by atoms with van der Waals surface area (Å²) >= 11 is 0. The van der Waals surface area contributed by atoms with Crippen molar-refractivity contribution in [2.24, 2.45) is 5.92 Å². The van der Waals surface area contributed by atoms with E-state index in [1.807, 2.05) is 6.92 Å². The molecule has 2 rings (SSSR count). The first-order valence-corrected chi connectivity index (χ1v) is 5.98. The van der Waals surface area contributed by atoms with Gasteiger partial charge in [0.1, 0.15) is 11.6 Å². The Balaban J connectivity index is 2.27. The van der Waals surface area contributed by atoms with Crippen LogP contribution >= 0.6 is 0 Å². The second-order valence-electron chi connectivity index (χ2n) is 4.32. The molecule has 0 radical (unpaired) electrons. The standard InChI is InChI=1S/C13H17F2NO/c1-2-16-13(9-5-6-17-8-9)11-7-10(14)3-4-12(11)15/h3-4,7,9,13,16H,2,5-6,8H2,1H3. The summed E-state index contributed by atoms with van der Waals surface area (Å²) < 4.78 is 32.3. The minimum atomic E-state index is -0.400. The first kappa shape index (κ1) is 12.5.